The van der Waals surface area contributed by atoms with E-state index in [0.29, 0.717) is 6.04 Å². The molecule has 1 amide bonds. The Labute approximate surface area is 128 Å². The molecule has 3 aliphatic rings. The van der Waals surface area contributed by atoms with Crippen molar-refractivity contribution >= 4 is 5.91 Å². The summed E-state index contributed by atoms with van der Waals surface area (Å²) in [6.07, 6.45) is 13.1. The van der Waals surface area contributed by atoms with Gasteiger partial charge in [0, 0.05) is 19.1 Å². The van der Waals surface area contributed by atoms with E-state index in [1.165, 1.54) is 44.9 Å². The van der Waals surface area contributed by atoms with Crippen molar-refractivity contribution in [2.75, 3.05) is 6.61 Å². The van der Waals surface area contributed by atoms with Gasteiger partial charge in [0.2, 0.25) is 5.91 Å². The van der Waals surface area contributed by atoms with Crippen molar-refractivity contribution in [2.45, 2.75) is 88.3 Å². The highest BCUT2D eigenvalue weighted by atomic mass is 16.5. The van der Waals surface area contributed by atoms with Crippen LogP contribution in [0.15, 0.2) is 0 Å². The van der Waals surface area contributed by atoms with E-state index >= 15 is 0 Å². The number of hydrogen-bond acceptors (Lipinski definition) is 3. The second-order valence-electron chi connectivity index (χ2n) is 7.42. The summed E-state index contributed by atoms with van der Waals surface area (Å²) in [6.45, 7) is 0.878. The molecule has 21 heavy (non-hydrogen) atoms. The fourth-order valence-corrected chi connectivity index (χ4v) is 4.04. The molecule has 2 atom stereocenters. The number of hydrogen-bond donors (Lipinski definition) is 2. The largest absolute Gasteiger partial charge is 0.378 e. The standard InChI is InChI=1S/C17H30N2O2/c18-16(20)17(19-14-8-9-14)10-4-7-15(11-17)21-12-13-5-2-1-3-6-13/h13-15,19H,1-12H2,(H2,18,20). The first-order valence-corrected chi connectivity index (χ1v) is 8.87. The topological polar surface area (TPSA) is 64.4 Å². The van der Waals surface area contributed by atoms with Crippen molar-refractivity contribution in [3.63, 3.8) is 0 Å². The summed E-state index contributed by atoms with van der Waals surface area (Å²) in [5.41, 5.74) is 5.22. The van der Waals surface area contributed by atoms with Crippen LogP contribution in [0.1, 0.15) is 70.6 Å². The number of nitrogens with two attached hydrogens (primary N) is 1. The van der Waals surface area contributed by atoms with Gasteiger partial charge in [-0.1, -0.05) is 19.3 Å². The number of primary amides is 1. The monoisotopic (exact) mass is 294 g/mol. The Morgan fingerprint density at radius 1 is 1.10 bits per heavy atom. The third-order valence-electron chi connectivity index (χ3n) is 5.53. The highest BCUT2D eigenvalue weighted by Gasteiger charge is 2.44. The molecule has 3 fully saturated rings. The molecule has 0 aromatic carbocycles. The molecule has 3 N–H and O–H groups in total. The average molecular weight is 294 g/mol. The Morgan fingerprint density at radius 3 is 2.52 bits per heavy atom. The van der Waals surface area contributed by atoms with Gasteiger partial charge < -0.3 is 15.8 Å². The molecule has 0 aromatic heterocycles. The van der Waals surface area contributed by atoms with Crippen LogP contribution in [0, 0.1) is 5.92 Å². The Balaban J connectivity index is 1.52. The zero-order valence-electron chi connectivity index (χ0n) is 13.1. The molecule has 0 aliphatic heterocycles. The van der Waals surface area contributed by atoms with Gasteiger partial charge in [-0.15, -0.1) is 0 Å². The Hall–Kier alpha value is -0.610. The van der Waals surface area contributed by atoms with Gasteiger partial charge in [0.1, 0.15) is 5.54 Å². The number of nitrogens with one attached hydrogen (secondary N) is 1. The van der Waals surface area contributed by atoms with Crippen LogP contribution in [0.2, 0.25) is 0 Å². The first-order chi connectivity index (χ1) is 10.2. The van der Waals surface area contributed by atoms with Gasteiger partial charge >= 0.3 is 0 Å². The molecule has 0 heterocycles. The second kappa shape index (κ2) is 6.66. The predicted octanol–water partition coefficient (Wildman–Crippen LogP) is 2.50. The van der Waals surface area contributed by atoms with Crippen LogP contribution in [-0.4, -0.2) is 30.2 Å². The minimum atomic E-state index is -0.503. The van der Waals surface area contributed by atoms with Crippen molar-refractivity contribution in [3.05, 3.63) is 0 Å². The van der Waals surface area contributed by atoms with E-state index in [9.17, 15) is 4.79 Å². The summed E-state index contributed by atoms with van der Waals surface area (Å²) in [6, 6.07) is 0.509. The highest BCUT2D eigenvalue weighted by Crippen LogP contribution is 2.34. The smallest absolute Gasteiger partial charge is 0.237 e. The number of carbonyl (C=O) groups excluding carboxylic acids is 1. The summed E-state index contributed by atoms with van der Waals surface area (Å²) >= 11 is 0. The summed E-state index contributed by atoms with van der Waals surface area (Å²) in [5.74, 6) is 0.556. The minimum Gasteiger partial charge on any atom is -0.378 e. The third kappa shape index (κ3) is 3.98. The van der Waals surface area contributed by atoms with Crippen molar-refractivity contribution in [1.82, 2.24) is 5.32 Å². The summed E-state index contributed by atoms with van der Waals surface area (Å²) in [4.78, 5) is 12.0. The van der Waals surface area contributed by atoms with E-state index in [0.717, 1.165) is 38.2 Å². The zero-order valence-corrected chi connectivity index (χ0v) is 13.1. The third-order valence-corrected chi connectivity index (χ3v) is 5.53. The molecule has 3 saturated carbocycles. The van der Waals surface area contributed by atoms with Crippen LogP contribution in [0.4, 0.5) is 0 Å². The molecule has 4 nitrogen and oxygen atoms in total. The van der Waals surface area contributed by atoms with E-state index in [2.05, 4.69) is 5.32 Å². The Bertz CT molecular complexity index is 364. The van der Waals surface area contributed by atoms with Crippen LogP contribution >= 0.6 is 0 Å². The van der Waals surface area contributed by atoms with Gasteiger partial charge in [-0.3, -0.25) is 4.79 Å². The molecule has 0 bridgehead atoms. The van der Waals surface area contributed by atoms with E-state index in [4.69, 9.17) is 10.5 Å². The number of carbonyl (C=O) groups is 1. The van der Waals surface area contributed by atoms with Crippen LogP contribution in [0.25, 0.3) is 0 Å². The van der Waals surface area contributed by atoms with Crippen molar-refractivity contribution < 1.29 is 9.53 Å². The van der Waals surface area contributed by atoms with E-state index in [-0.39, 0.29) is 12.0 Å². The quantitative estimate of drug-likeness (QED) is 0.791. The fraction of sp³-hybridized carbons (Fsp3) is 0.941. The maximum absolute atomic E-state index is 12.0. The molecule has 0 saturated heterocycles. The molecule has 0 aromatic rings. The van der Waals surface area contributed by atoms with Crippen LogP contribution in [0.5, 0.6) is 0 Å². The first kappa shape index (κ1) is 15.3. The zero-order chi connectivity index (χ0) is 14.7. The lowest BCUT2D eigenvalue weighted by Gasteiger charge is -2.40. The number of amides is 1. The van der Waals surface area contributed by atoms with E-state index in [1.807, 2.05) is 0 Å². The number of rotatable bonds is 6. The summed E-state index contributed by atoms with van der Waals surface area (Å²) in [5, 5.41) is 3.52. The van der Waals surface area contributed by atoms with Gasteiger partial charge in [-0.05, 0) is 50.9 Å². The Morgan fingerprint density at radius 2 is 1.86 bits per heavy atom. The summed E-state index contributed by atoms with van der Waals surface area (Å²) in [7, 11) is 0. The molecule has 3 aliphatic carbocycles. The lowest BCUT2D eigenvalue weighted by molar-refractivity contribution is -0.129. The lowest BCUT2D eigenvalue weighted by Crippen LogP contribution is -2.59. The number of ether oxygens (including phenoxy) is 1. The van der Waals surface area contributed by atoms with Gasteiger partial charge in [0.15, 0.2) is 0 Å². The van der Waals surface area contributed by atoms with Gasteiger partial charge in [0.25, 0.3) is 0 Å². The fourth-order valence-electron chi connectivity index (χ4n) is 4.04. The van der Waals surface area contributed by atoms with Crippen molar-refractivity contribution in [1.29, 1.82) is 0 Å². The van der Waals surface area contributed by atoms with Crippen LogP contribution in [0.3, 0.4) is 0 Å². The van der Waals surface area contributed by atoms with Crippen molar-refractivity contribution in [2.24, 2.45) is 11.7 Å². The Kier molecular flexibility index (Phi) is 4.85. The normalized spacial score (nSPS) is 34.8. The molecule has 3 rings (SSSR count). The molecule has 0 radical (unpaired) electrons. The predicted molar refractivity (Wildman–Crippen MR) is 82.9 cm³/mol. The first-order valence-electron chi connectivity index (χ1n) is 8.87. The summed E-state index contributed by atoms with van der Waals surface area (Å²) < 4.78 is 6.18. The van der Waals surface area contributed by atoms with E-state index in [1.54, 1.807) is 0 Å². The van der Waals surface area contributed by atoms with Gasteiger partial charge in [0.05, 0.1) is 6.10 Å². The molecule has 2 unspecified atom stereocenters. The molecule has 0 spiro atoms. The molecule has 120 valence electrons. The minimum absolute atomic E-state index is 0.180. The van der Waals surface area contributed by atoms with Crippen molar-refractivity contribution in [3.8, 4) is 0 Å². The molecular weight excluding hydrogens is 264 g/mol. The van der Waals surface area contributed by atoms with Gasteiger partial charge in [-0.25, -0.2) is 0 Å². The van der Waals surface area contributed by atoms with Gasteiger partial charge in [-0.2, -0.15) is 0 Å². The maximum atomic E-state index is 12.0. The molecular formula is C17H30N2O2. The molecule has 4 heteroatoms. The van der Waals surface area contributed by atoms with Crippen LogP contribution < -0.4 is 11.1 Å². The lowest BCUT2D eigenvalue weighted by atomic mass is 9.79. The average Bonchev–Trinajstić information content (AvgIpc) is 3.30. The SMILES string of the molecule is NC(=O)C1(NC2CC2)CCCC(OCC2CCCCC2)C1. The highest BCUT2D eigenvalue weighted by molar-refractivity contribution is 5.85. The van der Waals surface area contributed by atoms with E-state index < -0.39 is 5.54 Å². The maximum Gasteiger partial charge on any atom is 0.237 e. The second-order valence-corrected chi connectivity index (χ2v) is 7.42. The van der Waals surface area contributed by atoms with Crippen LogP contribution in [-0.2, 0) is 9.53 Å².